The van der Waals surface area contributed by atoms with Crippen molar-refractivity contribution < 1.29 is 8.81 Å². The first-order valence-electron chi connectivity index (χ1n) is 6.52. The maximum absolute atomic E-state index is 13.9. The van der Waals surface area contributed by atoms with E-state index in [4.69, 9.17) is 27.6 Å². The molecule has 2 rings (SSSR count). The number of hydrogen-bond acceptors (Lipinski definition) is 2. The van der Waals surface area contributed by atoms with Gasteiger partial charge in [-0.3, -0.25) is 0 Å². The molecule has 1 heterocycles. The molecule has 1 N–H and O–H groups in total. The maximum Gasteiger partial charge on any atom is 0.197 e. The summed E-state index contributed by atoms with van der Waals surface area (Å²) in [5, 5.41) is 4.21. The molecule has 0 saturated carbocycles. The minimum atomic E-state index is -0.266. The Morgan fingerprint density at radius 1 is 1.30 bits per heavy atom. The second-order valence-corrected chi connectivity index (χ2v) is 5.38. The van der Waals surface area contributed by atoms with Crippen LogP contribution < -0.4 is 5.32 Å². The number of hydrogen-bond donors (Lipinski definition) is 1. The molecule has 1 atom stereocenters. The van der Waals surface area contributed by atoms with Crippen molar-refractivity contribution in [1.82, 2.24) is 5.32 Å². The molecule has 0 amide bonds. The summed E-state index contributed by atoms with van der Waals surface area (Å²) in [7, 11) is 0. The number of halogens is 3. The normalized spacial score (nSPS) is 12.6. The Morgan fingerprint density at radius 3 is 2.75 bits per heavy atom. The predicted octanol–water partition coefficient (Wildman–Crippen LogP) is 5.01. The van der Waals surface area contributed by atoms with Crippen molar-refractivity contribution in [3.8, 4) is 0 Å². The van der Waals surface area contributed by atoms with E-state index in [1.54, 1.807) is 18.2 Å². The number of rotatable bonds is 6. The van der Waals surface area contributed by atoms with Gasteiger partial charge in [-0.05, 0) is 60.8 Å². The highest BCUT2D eigenvalue weighted by molar-refractivity contribution is 6.30. The summed E-state index contributed by atoms with van der Waals surface area (Å²) in [6.45, 7) is 2.88. The minimum absolute atomic E-state index is 0.103. The third-order valence-electron chi connectivity index (χ3n) is 3.09. The fourth-order valence-corrected chi connectivity index (χ4v) is 2.52. The summed E-state index contributed by atoms with van der Waals surface area (Å²) in [5.41, 5.74) is 1.39. The lowest BCUT2D eigenvalue weighted by molar-refractivity contribution is 0.502. The zero-order valence-corrected chi connectivity index (χ0v) is 12.6. The lowest BCUT2D eigenvalue weighted by atomic mass is 10.0. The largest absolute Gasteiger partial charge is 0.453 e. The Kier molecular flexibility index (Phi) is 5.46. The van der Waals surface area contributed by atoms with Crippen molar-refractivity contribution in [2.75, 3.05) is 6.54 Å². The van der Waals surface area contributed by atoms with Crippen LogP contribution in [0.3, 0.4) is 0 Å². The summed E-state index contributed by atoms with van der Waals surface area (Å²) >= 11 is 12.0. The maximum atomic E-state index is 13.9. The van der Waals surface area contributed by atoms with Gasteiger partial charge in [-0.15, -0.1) is 0 Å². The molecule has 20 heavy (non-hydrogen) atoms. The van der Waals surface area contributed by atoms with Gasteiger partial charge >= 0.3 is 0 Å². The van der Waals surface area contributed by atoms with Crippen LogP contribution in [0.25, 0.3) is 0 Å². The first-order valence-corrected chi connectivity index (χ1v) is 7.27. The van der Waals surface area contributed by atoms with Gasteiger partial charge < -0.3 is 9.73 Å². The summed E-state index contributed by atoms with van der Waals surface area (Å²) in [4.78, 5) is 0. The molecule has 2 nitrogen and oxygen atoms in total. The molecule has 0 bridgehead atoms. The number of nitrogens with one attached hydrogen (secondary N) is 1. The van der Waals surface area contributed by atoms with Crippen LogP contribution in [0.1, 0.15) is 30.5 Å². The first-order chi connectivity index (χ1) is 9.61. The van der Waals surface area contributed by atoms with E-state index in [2.05, 4.69) is 12.2 Å². The van der Waals surface area contributed by atoms with Crippen LogP contribution in [-0.2, 0) is 6.42 Å². The predicted molar refractivity (Wildman–Crippen MR) is 79.9 cm³/mol. The van der Waals surface area contributed by atoms with Crippen LogP contribution in [0.2, 0.25) is 10.2 Å². The van der Waals surface area contributed by atoms with Crippen LogP contribution >= 0.6 is 23.2 Å². The second-order valence-electron chi connectivity index (χ2n) is 4.60. The van der Waals surface area contributed by atoms with Gasteiger partial charge in [0, 0.05) is 16.6 Å². The topological polar surface area (TPSA) is 25.2 Å². The van der Waals surface area contributed by atoms with E-state index in [0.717, 1.165) is 18.5 Å². The average Bonchev–Trinajstić information content (AvgIpc) is 2.84. The monoisotopic (exact) mass is 315 g/mol. The van der Waals surface area contributed by atoms with Gasteiger partial charge in [-0.25, -0.2) is 4.39 Å². The van der Waals surface area contributed by atoms with Gasteiger partial charge in [-0.2, -0.15) is 0 Å². The highest BCUT2D eigenvalue weighted by Crippen LogP contribution is 2.28. The molecule has 0 fully saturated rings. The molecule has 0 aliphatic carbocycles. The Labute approximate surface area is 127 Å². The highest BCUT2D eigenvalue weighted by Gasteiger charge is 2.18. The molecular weight excluding hydrogens is 300 g/mol. The lowest BCUT2D eigenvalue weighted by Crippen LogP contribution is -2.24. The van der Waals surface area contributed by atoms with Gasteiger partial charge in [0.1, 0.15) is 5.82 Å². The smallest absolute Gasteiger partial charge is 0.197 e. The van der Waals surface area contributed by atoms with Gasteiger partial charge in [0.15, 0.2) is 5.22 Å². The Morgan fingerprint density at radius 2 is 2.10 bits per heavy atom. The second kappa shape index (κ2) is 7.11. The first kappa shape index (κ1) is 15.4. The van der Waals surface area contributed by atoms with Crippen LogP contribution in [-0.4, -0.2) is 6.54 Å². The van der Waals surface area contributed by atoms with E-state index in [1.807, 2.05) is 0 Å². The van der Waals surface area contributed by atoms with Crippen molar-refractivity contribution in [2.45, 2.75) is 25.8 Å². The SMILES string of the molecule is CCCNC(Cc1cc(Cl)ccc1F)c1ccoc1Cl. The van der Waals surface area contributed by atoms with Crippen LogP contribution in [0.5, 0.6) is 0 Å². The lowest BCUT2D eigenvalue weighted by Gasteiger charge is -2.18. The van der Waals surface area contributed by atoms with E-state index in [0.29, 0.717) is 22.2 Å². The van der Waals surface area contributed by atoms with Crippen molar-refractivity contribution in [3.05, 3.63) is 57.7 Å². The van der Waals surface area contributed by atoms with Crippen molar-refractivity contribution in [1.29, 1.82) is 0 Å². The molecule has 0 radical (unpaired) electrons. The fraction of sp³-hybridized carbons (Fsp3) is 0.333. The third kappa shape index (κ3) is 3.75. The molecule has 108 valence electrons. The minimum Gasteiger partial charge on any atom is -0.453 e. The Balaban J connectivity index is 2.23. The number of furan rings is 1. The molecular formula is C15H16Cl2FNO. The van der Waals surface area contributed by atoms with Crippen LogP contribution in [0, 0.1) is 5.82 Å². The van der Waals surface area contributed by atoms with E-state index in [1.165, 1.54) is 12.3 Å². The zero-order chi connectivity index (χ0) is 14.5. The van der Waals surface area contributed by atoms with E-state index in [-0.39, 0.29) is 11.9 Å². The van der Waals surface area contributed by atoms with E-state index < -0.39 is 0 Å². The number of benzene rings is 1. The molecule has 5 heteroatoms. The van der Waals surface area contributed by atoms with Crippen molar-refractivity contribution in [3.63, 3.8) is 0 Å². The fourth-order valence-electron chi connectivity index (χ4n) is 2.08. The van der Waals surface area contributed by atoms with Crippen LogP contribution in [0.15, 0.2) is 34.9 Å². The quantitative estimate of drug-likeness (QED) is 0.810. The molecule has 2 aromatic rings. The van der Waals surface area contributed by atoms with E-state index in [9.17, 15) is 4.39 Å². The van der Waals surface area contributed by atoms with Crippen LogP contribution in [0.4, 0.5) is 4.39 Å². The molecule has 0 spiro atoms. The molecule has 1 aromatic carbocycles. The van der Waals surface area contributed by atoms with Gasteiger partial charge in [0.2, 0.25) is 0 Å². The Hall–Kier alpha value is -1.03. The molecule has 0 saturated heterocycles. The highest BCUT2D eigenvalue weighted by atomic mass is 35.5. The van der Waals surface area contributed by atoms with Crippen molar-refractivity contribution in [2.24, 2.45) is 0 Å². The Bertz CT molecular complexity index is 571. The molecule has 0 aliphatic rings. The van der Waals surface area contributed by atoms with Gasteiger partial charge in [0.25, 0.3) is 0 Å². The van der Waals surface area contributed by atoms with Gasteiger partial charge in [0.05, 0.1) is 6.26 Å². The van der Waals surface area contributed by atoms with Crippen molar-refractivity contribution >= 4 is 23.2 Å². The third-order valence-corrected chi connectivity index (χ3v) is 3.64. The van der Waals surface area contributed by atoms with Gasteiger partial charge in [-0.1, -0.05) is 18.5 Å². The summed E-state index contributed by atoms with van der Waals surface area (Å²) in [6, 6.07) is 6.27. The van der Waals surface area contributed by atoms with E-state index >= 15 is 0 Å². The summed E-state index contributed by atoms with van der Waals surface area (Å²) in [5.74, 6) is -0.266. The summed E-state index contributed by atoms with van der Waals surface area (Å²) < 4.78 is 19.0. The molecule has 1 unspecified atom stereocenters. The molecule has 0 aliphatic heterocycles. The molecule has 1 aromatic heterocycles. The zero-order valence-electron chi connectivity index (χ0n) is 11.1. The standard InChI is InChI=1S/C15H16Cl2FNO/c1-2-6-19-14(12-5-7-20-15(12)17)9-10-8-11(16)3-4-13(10)18/h3-5,7-8,14,19H,2,6,9H2,1H3. The average molecular weight is 316 g/mol. The summed E-state index contributed by atoms with van der Waals surface area (Å²) in [6.07, 6.45) is 2.97.